The predicted molar refractivity (Wildman–Crippen MR) is 97.5 cm³/mol. The number of hydrogen-bond donors (Lipinski definition) is 0. The second-order valence-corrected chi connectivity index (χ2v) is 6.50. The van der Waals surface area contributed by atoms with Crippen LogP contribution in [0.1, 0.15) is 16.8 Å². The summed E-state index contributed by atoms with van der Waals surface area (Å²) < 4.78 is 43.2. The summed E-state index contributed by atoms with van der Waals surface area (Å²) in [5.41, 5.74) is 1.57. The monoisotopic (exact) mass is 376 g/mol. The summed E-state index contributed by atoms with van der Waals surface area (Å²) in [6, 6.07) is 12.4. The van der Waals surface area contributed by atoms with Crippen LogP contribution < -0.4 is 4.74 Å². The number of rotatable bonds is 4. The molecule has 2 aromatic carbocycles. The van der Waals surface area contributed by atoms with Gasteiger partial charge in [0.25, 0.3) is 0 Å². The van der Waals surface area contributed by atoms with Crippen molar-refractivity contribution in [3.8, 4) is 16.3 Å². The second kappa shape index (κ2) is 7.29. The van der Waals surface area contributed by atoms with E-state index in [4.69, 9.17) is 4.74 Å². The summed E-state index contributed by atoms with van der Waals surface area (Å²) in [6.45, 7) is 1.82. The topological polar surface area (TPSA) is 34.5 Å². The van der Waals surface area contributed by atoms with Gasteiger partial charge in [0.05, 0.1) is 18.4 Å². The van der Waals surface area contributed by atoms with E-state index in [-0.39, 0.29) is 0 Å². The Kier molecular flexibility index (Phi) is 5.08. The lowest BCUT2D eigenvalue weighted by Crippen LogP contribution is -2.03. The van der Waals surface area contributed by atoms with Gasteiger partial charge in [0.15, 0.2) is 0 Å². The second-order valence-electron chi connectivity index (χ2n) is 5.52. The quantitative estimate of drug-likeness (QED) is 0.532. The summed E-state index contributed by atoms with van der Waals surface area (Å²) in [5.74, 6) is 0.736. The van der Waals surface area contributed by atoms with Crippen LogP contribution in [0, 0.1) is 6.92 Å². The maximum Gasteiger partial charge on any atom is 0.416 e. The van der Waals surface area contributed by atoms with E-state index in [0.717, 1.165) is 29.1 Å². The standard InChI is InChI=1S/C19H15F3N2OS/c1-12-17(23-11-13-4-3-5-16(10-13)25-2)26-18(24-12)14-6-8-15(9-7-14)19(20,21)22/h3-11H,1-2H3/b23-11+. The van der Waals surface area contributed by atoms with E-state index < -0.39 is 11.7 Å². The van der Waals surface area contributed by atoms with Crippen LogP contribution in [0.3, 0.4) is 0 Å². The molecule has 1 heterocycles. The molecular formula is C19H15F3N2OS. The van der Waals surface area contributed by atoms with Crippen LogP contribution in [-0.4, -0.2) is 18.3 Å². The number of alkyl halides is 3. The number of thiazole rings is 1. The maximum atomic E-state index is 12.7. The first-order valence-electron chi connectivity index (χ1n) is 7.70. The highest BCUT2D eigenvalue weighted by atomic mass is 32.1. The van der Waals surface area contributed by atoms with Gasteiger partial charge >= 0.3 is 6.18 Å². The molecule has 3 nitrogen and oxygen atoms in total. The zero-order valence-corrected chi connectivity index (χ0v) is 14.9. The minimum absolute atomic E-state index is 0.633. The largest absolute Gasteiger partial charge is 0.497 e. The average Bonchev–Trinajstić information content (AvgIpc) is 3.00. The first-order chi connectivity index (χ1) is 12.4. The summed E-state index contributed by atoms with van der Waals surface area (Å²) in [5, 5.41) is 1.34. The average molecular weight is 376 g/mol. The van der Waals surface area contributed by atoms with Crippen LogP contribution in [0.25, 0.3) is 10.6 Å². The SMILES string of the molecule is COc1cccc(/C=N/c2sc(-c3ccc(C(F)(F)F)cc3)nc2C)c1. The Morgan fingerprint density at radius 3 is 2.50 bits per heavy atom. The van der Waals surface area contributed by atoms with E-state index in [2.05, 4.69) is 9.98 Å². The van der Waals surface area contributed by atoms with E-state index >= 15 is 0 Å². The Bertz CT molecular complexity index is 931. The van der Waals surface area contributed by atoms with Gasteiger partial charge < -0.3 is 4.74 Å². The molecule has 7 heteroatoms. The molecule has 0 saturated carbocycles. The Balaban J connectivity index is 1.83. The molecule has 0 saturated heterocycles. The number of aliphatic imine (C=N–C) groups is 1. The molecule has 26 heavy (non-hydrogen) atoms. The number of benzene rings is 2. The molecular weight excluding hydrogens is 361 g/mol. The Labute approximate surface area is 152 Å². The number of nitrogens with zero attached hydrogens (tertiary/aromatic N) is 2. The van der Waals surface area contributed by atoms with Gasteiger partial charge in [0.1, 0.15) is 15.8 Å². The molecule has 0 radical (unpaired) electrons. The van der Waals surface area contributed by atoms with Crippen molar-refractivity contribution >= 4 is 22.6 Å². The number of aromatic nitrogens is 1. The fourth-order valence-electron chi connectivity index (χ4n) is 2.29. The third-order valence-corrected chi connectivity index (χ3v) is 4.77. The maximum absolute atomic E-state index is 12.7. The lowest BCUT2D eigenvalue weighted by atomic mass is 10.1. The molecule has 1 aromatic heterocycles. The van der Waals surface area contributed by atoms with Crippen molar-refractivity contribution in [3.05, 3.63) is 65.4 Å². The van der Waals surface area contributed by atoms with Crippen LogP contribution in [0.5, 0.6) is 5.75 Å². The lowest BCUT2D eigenvalue weighted by molar-refractivity contribution is -0.137. The van der Waals surface area contributed by atoms with Gasteiger partial charge in [-0.05, 0) is 36.8 Å². The summed E-state index contributed by atoms with van der Waals surface area (Å²) in [7, 11) is 1.60. The van der Waals surface area contributed by atoms with E-state index in [9.17, 15) is 13.2 Å². The van der Waals surface area contributed by atoms with Crippen LogP contribution >= 0.6 is 11.3 Å². The van der Waals surface area contributed by atoms with Gasteiger partial charge in [-0.3, -0.25) is 0 Å². The molecule has 3 rings (SSSR count). The highest BCUT2D eigenvalue weighted by molar-refractivity contribution is 7.18. The molecule has 134 valence electrons. The number of aryl methyl sites for hydroxylation is 1. The Morgan fingerprint density at radius 1 is 1.12 bits per heavy atom. The van der Waals surface area contributed by atoms with Crippen LogP contribution in [0.4, 0.5) is 18.2 Å². The van der Waals surface area contributed by atoms with Crippen molar-refractivity contribution in [3.63, 3.8) is 0 Å². The summed E-state index contributed by atoms with van der Waals surface area (Å²) in [6.07, 6.45) is -2.64. The molecule has 3 aromatic rings. The summed E-state index contributed by atoms with van der Waals surface area (Å²) >= 11 is 1.33. The molecule has 0 fully saturated rings. The fraction of sp³-hybridized carbons (Fsp3) is 0.158. The highest BCUT2D eigenvalue weighted by Gasteiger charge is 2.30. The van der Waals surface area contributed by atoms with Gasteiger partial charge in [-0.25, -0.2) is 9.98 Å². The molecule has 0 atom stereocenters. The number of hydrogen-bond acceptors (Lipinski definition) is 4. The predicted octanol–water partition coefficient (Wildman–Crippen LogP) is 5.90. The molecule has 0 aliphatic heterocycles. The minimum atomic E-state index is -4.34. The Hall–Kier alpha value is -2.67. The third kappa shape index (κ3) is 4.11. The van der Waals surface area contributed by atoms with Crippen LogP contribution in [0.2, 0.25) is 0 Å². The van der Waals surface area contributed by atoms with Crippen molar-refractivity contribution in [1.29, 1.82) is 0 Å². The van der Waals surface area contributed by atoms with Crippen molar-refractivity contribution in [2.75, 3.05) is 7.11 Å². The molecule has 0 aliphatic carbocycles. The third-order valence-electron chi connectivity index (χ3n) is 3.66. The van der Waals surface area contributed by atoms with Crippen molar-refractivity contribution in [2.45, 2.75) is 13.1 Å². The highest BCUT2D eigenvalue weighted by Crippen LogP contribution is 2.35. The summed E-state index contributed by atoms with van der Waals surface area (Å²) in [4.78, 5) is 8.87. The van der Waals surface area contributed by atoms with Gasteiger partial charge in [-0.2, -0.15) is 13.2 Å². The van der Waals surface area contributed by atoms with Crippen molar-refractivity contribution < 1.29 is 17.9 Å². The van der Waals surface area contributed by atoms with E-state index in [1.807, 2.05) is 31.2 Å². The normalized spacial score (nSPS) is 11.9. The zero-order chi connectivity index (χ0) is 18.7. The molecule has 0 amide bonds. The van der Waals surface area contributed by atoms with Gasteiger partial charge in [0.2, 0.25) is 0 Å². The van der Waals surface area contributed by atoms with Crippen LogP contribution in [0.15, 0.2) is 53.5 Å². The van der Waals surface area contributed by atoms with E-state index in [1.165, 1.54) is 23.5 Å². The molecule has 0 aliphatic rings. The first-order valence-corrected chi connectivity index (χ1v) is 8.51. The molecule has 0 spiro atoms. The Morgan fingerprint density at radius 2 is 1.85 bits per heavy atom. The van der Waals surface area contributed by atoms with E-state index in [0.29, 0.717) is 15.6 Å². The number of halogens is 3. The molecule has 0 unspecified atom stereocenters. The van der Waals surface area contributed by atoms with E-state index in [1.54, 1.807) is 13.3 Å². The molecule has 0 N–H and O–H groups in total. The van der Waals surface area contributed by atoms with Crippen molar-refractivity contribution in [2.24, 2.45) is 4.99 Å². The number of methoxy groups -OCH3 is 1. The minimum Gasteiger partial charge on any atom is -0.497 e. The lowest BCUT2D eigenvalue weighted by Gasteiger charge is -2.06. The van der Waals surface area contributed by atoms with Crippen LogP contribution in [-0.2, 0) is 6.18 Å². The van der Waals surface area contributed by atoms with Crippen molar-refractivity contribution in [1.82, 2.24) is 4.98 Å². The number of ether oxygens (including phenoxy) is 1. The van der Waals surface area contributed by atoms with Gasteiger partial charge in [0, 0.05) is 11.8 Å². The zero-order valence-electron chi connectivity index (χ0n) is 14.0. The fourth-order valence-corrected chi connectivity index (χ4v) is 3.21. The molecule has 0 bridgehead atoms. The van der Waals surface area contributed by atoms with Gasteiger partial charge in [-0.1, -0.05) is 35.6 Å². The smallest absolute Gasteiger partial charge is 0.416 e. The van der Waals surface area contributed by atoms with Gasteiger partial charge in [-0.15, -0.1) is 0 Å². The first kappa shape index (κ1) is 18.1.